The normalized spacial score (nSPS) is 15.4. The van der Waals surface area contributed by atoms with Gasteiger partial charge in [0.2, 0.25) is 0 Å². The van der Waals surface area contributed by atoms with Gasteiger partial charge in [-0.2, -0.15) is 0 Å². The van der Waals surface area contributed by atoms with Gasteiger partial charge in [-0.25, -0.2) is 4.79 Å². The second-order valence-corrected chi connectivity index (χ2v) is 10.7. The molecule has 38 heavy (non-hydrogen) atoms. The van der Waals surface area contributed by atoms with E-state index in [-0.39, 0.29) is 11.8 Å². The van der Waals surface area contributed by atoms with Gasteiger partial charge in [0.1, 0.15) is 5.78 Å². The number of aryl methyl sites for hydroxylation is 2. The van der Waals surface area contributed by atoms with Crippen LogP contribution in [0.2, 0.25) is 0 Å². The number of Topliss-reactive ketones (excluding diaryl/α,β-unsaturated/α-hetero) is 1. The predicted octanol–water partition coefficient (Wildman–Crippen LogP) is 7.19. The molecule has 2 aliphatic rings. The van der Waals surface area contributed by atoms with E-state index in [9.17, 15) is 9.59 Å². The number of allylic oxidation sites excluding steroid dienone is 1. The van der Waals surface area contributed by atoms with Crippen molar-refractivity contribution in [2.24, 2.45) is 5.92 Å². The van der Waals surface area contributed by atoms with E-state index >= 15 is 0 Å². The van der Waals surface area contributed by atoms with E-state index < -0.39 is 0 Å². The Morgan fingerprint density at radius 1 is 1.03 bits per heavy atom. The molecule has 1 fully saturated rings. The number of benzene rings is 2. The first kappa shape index (κ1) is 27.4. The lowest BCUT2D eigenvalue weighted by molar-refractivity contribution is -0.117. The molecule has 2 aromatic rings. The lowest BCUT2D eigenvalue weighted by atomic mass is 9.88. The second kappa shape index (κ2) is 12.8. The molecule has 0 aliphatic heterocycles. The van der Waals surface area contributed by atoms with E-state index in [1.54, 1.807) is 6.92 Å². The quantitative estimate of drug-likeness (QED) is 0.375. The highest BCUT2D eigenvalue weighted by Gasteiger charge is 2.24. The van der Waals surface area contributed by atoms with E-state index in [4.69, 9.17) is 0 Å². The van der Waals surface area contributed by atoms with Gasteiger partial charge in [-0.1, -0.05) is 81.3 Å². The zero-order valence-electron chi connectivity index (χ0n) is 23.1. The molecule has 0 spiro atoms. The first-order chi connectivity index (χ1) is 18.4. The van der Waals surface area contributed by atoms with Gasteiger partial charge in [0, 0.05) is 29.2 Å². The Hall–Kier alpha value is -3.60. The van der Waals surface area contributed by atoms with Crippen LogP contribution in [-0.2, 0) is 17.6 Å². The fourth-order valence-corrected chi connectivity index (χ4v) is 5.63. The van der Waals surface area contributed by atoms with E-state index in [1.165, 1.54) is 37.7 Å². The summed E-state index contributed by atoms with van der Waals surface area (Å²) in [6.45, 7) is 11.3. The standard InChI is InChI=1S/C33H41N3O2/c1-5-27-17-11-12-23(2)32(27)35-33(38)34-31-19-18-28-15-9-10-16-29(28)20-30(31)25(4)36(21-24(3)37)22-26-13-7-6-8-14-26/h9-12,15-17,19-20,26H,4-8,13-14,18,21-22H2,1-3H3,(H2,34,35,38). The number of hydrogen-bond acceptors (Lipinski definition) is 3. The molecule has 0 saturated heterocycles. The second-order valence-electron chi connectivity index (χ2n) is 10.7. The van der Waals surface area contributed by atoms with Gasteiger partial charge in [0.25, 0.3) is 0 Å². The minimum atomic E-state index is -0.282. The molecule has 5 nitrogen and oxygen atoms in total. The monoisotopic (exact) mass is 511 g/mol. The van der Waals surface area contributed by atoms with Crippen LogP contribution in [-0.4, -0.2) is 29.8 Å². The van der Waals surface area contributed by atoms with Crippen LogP contribution < -0.4 is 10.6 Å². The van der Waals surface area contributed by atoms with Crippen molar-refractivity contribution in [1.82, 2.24) is 10.2 Å². The lowest BCUT2D eigenvalue weighted by Gasteiger charge is -2.33. The molecular formula is C33H41N3O2. The summed E-state index contributed by atoms with van der Waals surface area (Å²) in [5.74, 6) is 0.662. The minimum Gasteiger partial charge on any atom is -0.364 e. The first-order valence-electron chi connectivity index (χ1n) is 14.0. The maximum atomic E-state index is 13.3. The third-order valence-electron chi connectivity index (χ3n) is 7.71. The minimum absolute atomic E-state index is 0.111. The number of ketones is 1. The number of hydrogen-bond donors (Lipinski definition) is 2. The van der Waals surface area contributed by atoms with E-state index in [2.05, 4.69) is 53.3 Å². The van der Waals surface area contributed by atoms with Gasteiger partial charge in [-0.3, -0.25) is 4.79 Å². The van der Waals surface area contributed by atoms with Crippen LogP contribution >= 0.6 is 0 Å². The Labute approximate surface area is 227 Å². The number of amides is 2. The van der Waals surface area contributed by atoms with Crippen molar-refractivity contribution < 1.29 is 9.59 Å². The number of anilines is 1. The number of rotatable bonds is 9. The SMILES string of the molecule is C=C(C1=Cc2ccccc2CC=C1NC(=O)Nc1c(C)cccc1CC)N(CC(C)=O)CC1CCCCC1. The van der Waals surface area contributed by atoms with Crippen LogP contribution in [0.4, 0.5) is 10.5 Å². The van der Waals surface area contributed by atoms with E-state index in [0.717, 1.165) is 46.6 Å². The molecule has 2 aliphatic carbocycles. The molecule has 2 N–H and O–H groups in total. The number of para-hydroxylation sites is 1. The number of carbonyl (C=O) groups excluding carboxylic acids is 2. The van der Waals surface area contributed by atoms with E-state index in [0.29, 0.717) is 24.6 Å². The molecule has 0 unspecified atom stereocenters. The van der Waals surface area contributed by atoms with Crippen molar-refractivity contribution in [1.29, 1.82) is 0 Å². The molecule has 0 atom stereocenters. The smallest absolute Gasteiger partial charge is 0.323 e. The van der Waals surface area contributed by atoms with Gasteiger partial charge < -0.3 is 15.5 Å². The van der Waals surface area contributed by atoms with Crippen LogP contribution in [0.1, 0.15) is 68.2 Å². The van der Waals surface area contributed by atoms with Crippen molar-refractivity contribution in [3.63, 3.8) is 0 Å². The molecule has 0 heterocycles. The van der Waals surface area contributed by atoms with Crippen LogP contribution in [0.5, 0.6) is 0 Å². The van der Waals surface area contributed by atoms with Crippen molar-refractivity contribution in [3.05, 3.63) is 94.3 Å². The highest BCUT2D eigenvalue weighted by Crippen LogP contribution is 2.31. The summed E-state index contributed by atoms with van der Waals surface area (Å²) in [6, 6.07) is 14.1. The van der Waals surface area contributed by atoms with Gasteiger partial charge in [0.15, 0.2) is 0 Å². The molecule has 2 amide bonds. The average Bonchev–Trinajstić information content (AvgIpc) is 3.09. The Kier molecular flexibility index (Phi) is 9.22. The maximum Gasteiger partial charge on any atom is 0.323 e. The summed E-state index contributed by atoms with van der Waals surface area (Å²) in [5.41, 5.74) is 7.61. The van der Waals surface area contributed by atoms with E-state index in [1.807, 2.05) is 37.3 Å². The third kappa shape index (κ3) is 6.83. The van der Waals surface area contributed by atoms with Crippen molar-refractivity contribution in [3.8, 4) is 0 Å². The zero-order valence-corrected chi connectivity index (χ0v) is 23.1. The summed E-state index contributed by atoms with van der Waals surface area (Å²) in [5, 5.41) is 6.22. The number of carbonyl (C=O) groups is 2. The highest BCUT2D eigenvalue weighted by atomic mass is 16.2. The van der Waals surface area contributed by atoms with Gasteiger partial charge in [0.05, 0.1) is 6.54 Å². The average molecular weight is 512 g/mol. The van der Waals surface area contributed by atoms with Crippen LogP contribution in [0.25, 0.3) is 6.08 Å². The number of nitrogens with zero attached hydrogens (tertiary/aromatic N) is 1. The molecule has 0 radical (unpaired) electrons. The Morgan fingerprint density at radius 3 is 2.53 bits per heavy atom. The summed E-state index contributed by atoms with van der Waals surface area (Å²) in [7, 11) is 0. The highest BCUT2D eigenvalue weighted by molar-refractivity contribution is 5.93. The fraction of sp³-hybridized carbons (Fsp3) is 0.394. The number of nitrogens with one attached hydrogen (secondary N) is 2. The van der Waals surface area contributed by atoms with Crippen LogP contribution in [0.3, 0.4) is 0 Å². The summed E-state index contributed by atoms with van der Waals surface area (Å²) in [4.78, 5) is 27.8. The summed E-state index contributed by atoms with van der Waals surface area (Å²) >= 11 is 0. The third-order valence-corrected chi connectivity index (χ3v) is 7.71. The maximum absolute atomic E-state index is 13.3. The van der Waals surface area contributed by atoms with Crippen molar-refractivity contribution in [2.45, 2.75) is 65.7 Å². The molecule has 0 bridgehead atoms. The van der Waals surface area contributed by atoms with Crippen LogP contribution in [0, 0.1) is 12.8 Å². The molecule has 4 rings (SSSR count). The van der Waals surface area contributed by atoms with Gasteiger partial charge in [-0.05, 0) is 73.8 Å². The number of urea groups is 1. The van der Waals surface area contributed by atoms with Gasteiger partial charge in [-0.15, -0.1) is 0 Å². The summed E-state index contributed by atoms with van der Waals surface area (Å²) in [6.07, 6.45) is 11.8. The summed E-state index contributed by atoms with van der Waals surface area (Å²) < 4.78 is 0. The zero-order chi connectivity index (χ0) is 27.1. The largest absolute Gasteiger partial charge is 0.364 e. The lowest BCUT2D eigenvalue weighted by Crippen LogP contribution is -2.36. The van der Waals surface area contributed by atoms with Gasteiger partial charge >= 0.3 is 6.03 Å². The van der Waals surface area contributed by atoms with Crippen LogP contribution in [0.15, 0.2) is 72.1 Å². The topological polar surface area (TPSA) is 61.4 Å². The molecule has 5 heteroatoms. The predicted molar refractivity (Wildman–Crippen MR) is 157 cm³/mol. The molecular weight excluding hydrogens is 470 g/mol. The Bertz CT molecular complexity index is 1250. The Morgan fingerprint density at radius 2 is 1.79 bits per heavy atom. The van der Waals surface area contributed by atoms with Crippen molar-refractivity contribution in [2.75, 3.05) is 18.4 Å². The molecule has 2 aromatic carbocycles. The molecule has 1 saturated carbocycles. The molecule has 0 aromatic heterocycles. The molecule has 200 valence electrons. The first-order valence-corrected chi connectivity index (χ1v) is 14.0. The Balaban J connectivity index is 1.63. The fourth-order valence-electron chi connectivity index (χ4n) is 5.63. The number of fused-ring (bicyclic) bond motifs is 1. The van der Waals surface area contributed by atoms with Crippen molar-refractivity contribution >= 4 is 23.6 Å².